The fraction of sp³-hybridized carbons (Fsp3) is 0.562. The molecule has 1 aliphatic heterocycles. The van der Waals surface area contributed by atoms with E-state index in [4.69, 9.17) is 4.74 Å². The summed E-state index contributed by atoms with van der Waals surface area (Å²) in [5.74, 6) is 0.286. The molecule has 1 aromatic rings. The highest BCUT2D eigenvalue weighted by atomic mass is 19.1. The van der Waals surface area contributed by atoms with Crippen molar-refractivity contribution in [3.63, 3.8) is 0 Å². The molecule has 0 unspecified atom stereocenters. The zero-order valence-electron chi connectivity index (χ0n) is 12.5. The second-order valence-corrected chi connectivity index (χ2v) is 5.26. The van der Waals surface area contributed by atoms with E-state index in [0.29, 0.717) is 12.3 Å². The molecule has 1 saturated heterocycles. The summed E-state index contributed by atoms with van der Waals surface area (Å²) in [7, 11) is 0. The Hall–Kier alpha value is -1.62. The van der Waals surface area contributed by atoms with Gasteiger partial charge in [0.05, 0.1) is 0 Å². The van der Waals surface area contributed by atoms with Crippen LogP contribution in [-0.2, 0) is 11.3 Å². The number of benzene rings is 1. The normalized spacial score (nSPS) is 15.0. The first-order valence-corrected chi connectivity index (χ1v) is 7.60. The van der Waals surface area contributed by atoms with Crippen LogP contribution in [-0.4, -0.2) is 37.0 Å². The van der Waals surface area contributed by atoms with Crippen molar-refractivity contribution in [1.29, 1.82) is 0 Å². The molecule has 4 nitrogen and oxygen atoms in total. The van der Waals surface area contributed by atoms with Crippen LogP contribution in [0.1, 0.15) is 31.7 Å². The predicted octanol–water partition coefficient (Wildman–Crippen LogP) is 2.33. The van der Waals surface area contributed by atoms with Gasteiger partial charge in [0, 0.05) is 25.2 Å². The molecule has 1 heterocycles. The van der Waals surface area contributed by atoms with Crippen LogP contribution in [0.5, 0.6) is 5.75 Å². The second-order valence-electron chi connectivity index (χ2n) is 5.26. The summed E-state index contributed by atoms with van der Waals surface area (Å²) in [6.07, 6.45) is 3.32. The van der Waals surface area contributed by atoms with Crippen molar-refractivity contribution in [1.82, 2.24) is 10.2 Å². The molecule has 0 bridgehead atoms. The number of carbonyl (C=O) groups is 1. The van der Waals surface area contributed by atoms with E-state index in [0.717, 1.165) is 38.0 Å². The van der Waals surface area contributed by atoms with Gasteiger partial charge in [-0.2, -0.15) is 0 Å². The minimum absolute atomic E-state index is 0.00780. The molecule has 1 N–H and O–H groups in total. The standard InChI is InChI=1S/C16H23FN2O2/c1-2-18-11-13-10-14(17)6-7-15(13)21-12-16(20)19-8-4-3-5-9-19/h6-7,10,18H,2-5,8-9,11-12H2,1H3. The molecule has 1 fully saturated rings. The molecule has 0 radical (unpaired) electrons. The number of likely N-dealkylation sites (tertiary alicyclic amines) is 1. The van der Waals surface area contributed by atoms with E-state index in [1.165, 1.54) is 18.6 Å². The zero-order valence-corrected chi connectivity index (χ0v) is 12.5. The first-order chi connectivity index (χ1) is 10.2. The van der Waals surface area contributed by atoms with Crippen molar-refractivity contribution < 1.29 is 13.9 Å². The molecule has 21 heavy (non-hydrogen) atoms. The highest BCUT2D eigenvalue weighted by molar-refractivity contribution is 5.77. The Morgan fingerprint density at radius 2 is 2.10 bits per heavy atom. The Bertz CT molecular complexity index is 473. The number of carbonyl (C=O) groups excluding carboxylic acids is 1. The molecule has 0 saturated carbocycles. The first-order valence-electron chi connectivity index (χ1n) is 7.60. The lowest BCUT2D eigenvalue weighted by atomic mass is 10.1. The van der Waals surface area contributed by atoms with Crippen LogP contribution in [0.4, 0.5) is 4.39 Å². The van der Waals surface area contributed by atoms with Crippen molar-refractivity contribution >= 4 is 5.91 Å². The fourth-order valence-corrected chi connectivity index (χ4v) is 2.46. The number of halogens is 1. The lowest BCUT2D eigenvalue weighted by Gasteiger charge is -2.26. The number of hydrogen-bond donors (Lipinski definition) is 1. The van der Waals surface area contributed by atoms with Gasteiger partial charge < -0.3 is 15.0 Å². The molecule has 0 atom stereocenters. The summed E-state index contributed by atoms with van der Waals surface area (Å²) in [5, 5.41) is 3.14. The molecule has 0 aromatic heterocycles. The first kappa shape index (κ1) is 15.8. The van der Waals surface area contributed by atoms with Crippen molar-refractivity contribution in [3.8, 4) is 5.75 Å². The highest BCUT2D eigenvalue weighted by Gasteiger charge is 2.17. The van der Waals surface area contributed by atoms with Gasteiger partial charge in [-0.05, 0) is 44.0 Å². The third kappa shape index (κ3) is 4.70. The Morgan fingerprint density at radius 3 is 2.81 bits per heavy atom. The van der Waals surface area contributed by atoms with Crippen LogP contribution in [0.2, 0.25) is 0 Å². The van der Waals surface area contributed by atoms with Gasteiger partial charge in [0.1, 0.15) is 11.6 Å². The van der Waals surface area contributed by atoms with Crippen LogP contribution in [0.25, 0.3) is 0 Å². The number of rotatable bonds is 6. The predicted molar refractivity (Wildman–Crippen MR) is 79.7 cm³/mol. The van der Waals surface area contributed by atoms with Crippen LogP contribution in [0.3, 0.4) is 0 Å². The van der Waals surface area contributed by atoms with Crippen LogP contribution in [0, 0.1) is 5.82 Å². The lowest BCUT2D eigenvalue weighted by Crippen LogP contribution is -2.38. The van der Waals surface area contributed by atoms with E-state index < -0.39 is 0 Å². The van der Waals surface area contributed by atoms with Crippen LogP contribution >= 0.6 is 0 Å². The number of hydrogen-bond acceptors (Lipinski definition) is 3. The fourth-order valence-electron chi connectivity index (χ4n) is 2.46. The molecule has 1 aromatic carbocycles. The number of piperidine rings is 1. The van der Waals surface area contributed by atoms with E-state index in [1.54, 1.807) is 6.07 Å². The number of ether oxygens (including phenoxy) is 1. The Balaban J connectivity index is 1.93. The van der Waals surface area contributed by atoms with E-state index in [2.05, 4.69) is 5.32 Å². The van der Waals surface area contributed by atoms with Gasteiger partial charge >= 0.3 is 0 Å². The molecule has 0 aliphatic carbocycles. The zero-order chi connectivity index (χ0) is 15.1. The minimum atomic E-state index is -0.294. The maximum absolute atomic E-state index is 13.3. The van der Waals surface area contributed by atoms with E-state index >= 15 is 0 Å². The van der Waals surface area contributed by atoms with E-state index in [-0.39, 0.29) is 18.3 Å². The summed E-state index contributed by atoms with van der Waals surface area (Å²) in [6, 6.07) is 4.39. The van der Waals surface area contributed by atoms with Gasteiger partial charge in [0.15, 0.2) is 6.61 Å². The second kappa shape index (κ2) is 7.98. The summed E-state index contributed by atoms with van der Waals surface area (Å²) in [5.41, 5.74) is 0.739. The van der Waals surface area contributed by atoms with Crippen molar-refractivity contribution in [3.05, 3.63) is 29.6 Å². The number of nitrogens with one attached hydrogen (secondary N) is 1. The topological polar surface area (TPSA) is 41.6 Å². The van der Waals surface area contributed by atoms with Crippen LogP contribution < -0.4 is 10.1 Å². The van der Waals surface area contributed by atoms with Gasteiger partial charge in [-0.15, -0.1) is 0 Å². The number of nitrogens with zero attached hydrogens (tertiary/aromatic N) is 1. The third-order valence-electron chi connectivity index (χ3n) is 3.65. The molecule has 2 rings (SSSR count). The summed E-state index contributed by atoms with van der Waals surface area (Å²) in [6.45, 7) is 4.96. The summed E-state index contributed by atoms with van der Waals surface area (Å²) < 4.78 is 18.9. The minimum Gasteiger partial charge on any atom is -0.483 e. The molecular weight excluding hydrogens is 271 g/mol. The van der Waals surface area contributed by atoms with Crippen molar-refractivity contribution in [2.45, 2.75) is 32.7 Å². The maximum atomic E-state index is 13.3. The summed E-state index contributed by atoms with van der Waals surface area (Å²) in [4.78, 5) is 13.9. The number of amides is 1. The van der Waals surface area contributed by atoms with Gasteiger partial charge in [-0.3, -0.25) is 4.79 Å². The smallest absolute Gasteiger partial charge is 0.260 e. The van der Waals surface area contributed by atoms with Gasteiger partial charge in [-0.1, -0.05) is 6.92 Å². The largest absolute Gasteiger partial charge is 0.483 e. The molecule has 1 aliphatic rings. The third-order valence-corrected chi connectivity index (χ3v) is 3.65. The Kier molecular flexibility index (Phi) is 5.99. The Morgan fingerprint density at radius 1 is 1.33 bits per heavy atom. The maximum Gasteiger partial charge on any atom is 0.260 e. The average Bonchev–Trinajstić information content (AvgIpc) is 2.52. The quantitative estimate of drug-likeness (QED) is 0.875. The monoisotopic (exact) mass is 294 g/mol. The van der Waals surface area contributed by atoms with Gasteiger partial charge in [0.2, 0.25) is 0 Å². The van der Waals surface area contributed by atoms with E-state index in [1.807, 2.05) is 11.8 Å². The van der Waals surface area contributed by atoms with Crippen molar-refractivity contribution in [2.24, 2.45) is 0 Å². The van der Waals surface area contributed by atoms with E-state index in [9.17, 15) is 9.18 Å². The molecule has 0 spiro atoms. The Labute approximate surface area is 125 Å². The average molecular weight is 294 g/mol. The van der Waals surface area contributed by atoms with Crippen LogP contribution in [0.15, 0.2) is 18.2 Å². The van der Waals surface area contributed by atoms with Gasteiger partial charge in [-0.25, -0.2) is 4.39 Å². The molecule has 1 amide bonds. The molecule has 116 valence electrons. The molecule has 5 heteroatoms. The lowest BCUT2D eigenvalue weighted by molar-refractivity contribution is -0.134. The SMILES string of the molecule is CCNCc1cc(F)ccc1OCC(=O)N1CCCCC1. The molecular formula is C16H23FN2O2. The summed E-state index contributed by atoms with van der Waals surface area (Å²) >= 11 is 0. The van der Waals surface area contributed by atoms with Gasteiger partial charge in [0.25, 0.3) is 5.91 Å². The van der Waals surface area contributed by atoms with Crippen molar-refractivity contribution in [2.75, 3.05) is 26.2 Å². The highest BCUT2D eigenvalue weighted by Crippen LogP contribution is 2.20.